The zero-order valence-corrected chi connectivity index (χ0v) is 16.1. The van der Waals surface area contributed by atoms with Gasteiger partial charge in [-0.15, -0.1) is 10.2 Å². The monoisotopic (exact) mass is 393 g/mol. The van der Waals surface area contributed by atoms with E-state index in [9.17, 15) is 9.18 Å². The number of benzene rings is 2. The second-order valence-electron chi connectivity index (χ2n) is 6.92. The van der Waals surface area contributed by atoms with Crippen molar-refractivity contribution in [2.75, 3.05) is 13.7 Å². The molecule has 6 nitrogen and oxygen atoms in total. The molecule has 1 aliphatic rings. The Kier molecular flexibility index (Phi) is 5.12. The topological polar surface area (TPSA) is 73.3 Å². The van der Waals surface area contributed by atoms with Crippen LogP contribution in [0, 0.1) is 12.7 Å². The normalized spacial score (nSPS) is 14.8. The van der Waals surface area contributed by atoms with Crippen molar-refractivity contribution in [3.8, 4) is 22.9 Å². The zero-order valence-electron chi connectivity index (χ0n) is 16.1. The minimum atomic E-state index is -0.371. The third-order valence-corrected chi connectivity index (χ3v) is 4.79. The van der Waals surface area contributed by atoms with Crippen LogP contribution in [-0.4, -0.2) is 35.9 Å². The second-order valence-corrected chi connectivity index (χ2v) is 6.92. The van der Waals surface area contributed by atoms with E-state index in [4.69, 9.17) is 9.47 Å². The first-order valence-electron chi connectivity index (χ1n) is 9.25. The number of methoxy groups -OCH3 is 1. The summed E-state index contributed by atoms with van der Waals surface area (Å²) in [4.78, 5) is 12.3. The Morgan fingerprint density at radius 2 is 2.00 bits per heavy atom. The van der Waals surface area contributed by atoms with E-state index in [1.165, 1.54) is 19.2 Å². The second kappa shape index (κ2) is 7.87. The van der Waals surface area contributed by atoms with E-state index in [0.29, 0.717) is 41.4 Å². The summed E-state index contributed by atoms with van der Waals surface area (Å²) in [6.45, 7) is 2.28. The fourth-order valence-electron chi connectivity index (χ4n) is 3.28. The molecule has 3 aromatic rings. The van der Waals surface area contributed by atoms with Gasteiger partial charge in [0.1, 0.15) is 17.7 Å². The van der Waals surface area contributed by atoms with Gasteiger partial charge in [0.05, 0.1) is 19.3 Å². The molecule has 2 heterocycles. The van der Waals surface area contributed by atoms with Gasteiger partial charge in [-0.05, 0) is 37.3 Å². The molecule has 1 unspecified atom stereocenters. The maximum absolute atomic E-state index is 14.2. The van der Waals surface area contributed by atoms with Crippen LogP contribution in [0.25, 0.3) is 11.3 Å². The lowest BCUT2D eigenvalue weighted by Crippen LogP contribution is -2.34. The van der Waals surface area contributed by atoms with Crippen molar-refractivity contribution >= 4 is 5.91 Å². The minimum absolute atomic E-state index is 0.169. The van der Waals surface area contributed by atoms with Gasteiger partial charge in [0.25, 0.3) is 5.91 Å². The quantitative estimate of drug-likeness (QED) is 0.720. The number of fused-ring (bicyclic) bond motifs is 1. The molecule has 7 heteroatoms. The molecule has 0 aliphatic carbocycles. The highest BCUT2D eigenvalue weighted by molar-refractivity contribution is 5.94. The van der Waals surface area contributed by atoms with Gasteiger partial charge in [-0.1, -0.05) is 17.7 Å². The van der Waals surface area contributed by atoms with E-state index in [0.717, 1.165) is 11.1 Å². The molecule has 2 aromatic carbocycles. The van der Waals surface area contributed by atoms with Crippen LogP contribution in [0.1, 0.15) is 21.5 Å². The van der Waals surface area contributed by atoms with E-state index >= 15 is 0 Å². The van der Waals surface area contributed by atoms with Gasteiger partial charge in [0.15, 0.2) is 0 Å². The number of carbonyl (C=O) groups excluding carboxylic acids is 1. The van der Waals surface area contributed by atoms with Gasteiger partial charge in [-0.2, -0.15) is 0 Å². The Balaban J connectivity index is 1.48. The number of hydrogen-bond acceptors (Lipinski definition) is 5. The third kappa shape index (κ3) is 4.03. The summed E-state index contributed by atoms with van der Waals surface area (Å²) in [5.74, 6) is 0.404. The number of nitrogens with zero attached hydrogens (tertiary/aromatic N) is 2. The highest BCUT2D eigenvalue weighted by Gasteiger charge is 2.28. The van der Waals surface area contributed by atoms with Crippen molar-refractivity contribution in [1.82, 2.24) is 15.5 Å². The van der Waals surface area contributed by atoms with Crippen LogP contribution >= 0.6 is 0 Å². The number of rotatable bonds is 5. The lowest BCUT2D eigenvalue weighted by molar-refractivity contribution is 0.0933. The van der Waals surface area contributed by atoms with Gasteiger partial charge in [-0.3, -0.25) is 4.79 Å². The van der Waals surface area contributed by atoms with Crippen molar-refractivity contribution < 1.29 is 18.7 Å². The summed E-state index contributed by atoms with van der Waals surface area (Å²) in [5.41, 5.74) is 3.44. The van der Waals surface area contributed by atoms with Gasteiger partial charge in [0.2, 0.25) is 5.88 Å². The van der Waals surface area contributed by atoms with Crippen LogP contribution in [0.2, 0.25) is 0 Å². The van der Waals surface area contributed by atoms with Crippen molar-refractivity contribution in [1.29, 1.82) is 0 Å². The van der Waals surface area contributed by atoms with Crippen molar-refractivity contribution in [3.63, 3.8) is 0 Å². The third-order valence-electron chi connectivity index (χ3n) is 4.79. The smallest absolute Gasteiger partial charge is 0.251 e. The lowest BCUT2D eigenvalue weighted by atomic mass is 10.0. The molecule has 0 saturated heterocycles. The summed E-state index contributed by atoms with van der Waals surface area (Å²) in [6.07, 6.45) is 0.212. The zero-order chi connectivity index (χ0) is 20.4. The lowest BCUT2D eigenvalue weighted by Gasteiger charge is -2.13. The summed E-state index contributed by atoms with van der Waals surface area (Å²) in [7, 11) is 1.50. The highest BCUT2D eigenvalue weighted by Crippen LogP contribution is 2.39. The molecular weight excluding hydrogens is 373 g/mol. The molecular formula is C22H20FN3O3. The fourth-order valence-corrected chi connectivity index (χ4v) is 3.28. The Morgan fingerprint density at radius 1 is 1.21 bits per heavy atom. The van der Waals surface area contributed by atoms with E-state index in [1.807, 2.05) is 19.1 Å². The summed E-state index contributed by atoms with van der Waals surface area (Å²) < 4.78 is 25.2. The van der Waals surface area contributed by atoms with E-state index in [1.54, 1.807) is 24.3 Å². The molecule has 0 bridgehead atoms. The van der Waals surface area contributed by atoms with Crippen LogP contribution in [0.3, 0.4) is 0 Å². The SMILES string of the molecule is COc1ccc(-c2cc(F)cc3c2OC(CNC(=O)c2ccc(C)cc2)C3)nn1. The average molecular weight is 393 g/mol. The molecule has 1 aromatic heterocycles. The first-order chi connectivity index (χ1) is 14.0. The first kappa shape index (κ1) is 18.9. The first-order valence-corrected chi connectivity index (χ1v) is 9.25. The van der Waals surface area contributed by atoms with Crippen molar-refractivity contribution in [3.05, 3.63) is 71.0 Å². The number of amides is 1. The molecule has 29 heavy (non-hydrogen) atoms. The summed E-state index contributed by atoms with van der Waals surface area (Å²) in [6, 6.07) is 13.5. The molecule has 1 atom stereocenters. The highest BCUT2D eigenvalue weighted by atomic mass is 19.1. The standard InChI is InChI=1S/C22H20FN3O3/c1-13-3-5-14(6-4-13)22(27)24-12-17-10-15-9-16(23)11-18(21(15)29-17)19-7-8-20(28-2)26-25-19/h3-9,11,17H,10,12H2,1-2H3,(H,24,27). The van der Waals surface area contributed by atoms with Gasteiger partial charge >= 0.3 is 0 Å². The number of halogens is 1. The molecule has 0 radical (unpaired) electrons. The van der Waals surface area contributed by atoms with Gasteiger partial charge < -0.3 is 14.8 Å². The number of hydrogen-bond donors (Lipinski definition) is 1. The van der Waals surface area contributed by atoms with Crippen LogP contribution in [-0.2, 0) is 6.42 Å². The molecule has 148 valence electrons. The van der Waals surface area contributed by atoms with Crippen LogP contribution in [0.15, 0.2) is 48.5 Å². The van der Waals surface area contributed by atoms with Crippen LogP contribution in [0.5, 0.6) is 11.6 Å². The molecule has 0 saturated carbocycles. The Hall–Kier alpha value is -3.48. The van der Waals surface area contributed by atoms with Crippen LogP contribution < -0.4 is 14.8 Å². The van der Waals surface area contributed by atoms with Gasteiger partial charge in [-0.25, -0.2) is 4.39 Å². The van der Waals surface area contributed by atoms with Gasteiger partial charge in [0, 0.05) is 29.2 Å². The average Bonchev–Trinajstić information content (AvgIpc) is 3.14. The molecule has 0 spiro atoms. The number of aromatic nitrogens is 2. The predicted octanol–water partition coefficient (Wildman–Crippen LogP) is 3.33. The predicted molar refractivity (Wildman–Crippen MR) is 106 cm³/mol. The number of nitrogens with one attached hydrogen (secondary N) is 1. The van der Waals surface area contributed by atoms with Crippen molar-refractivity contribution in [2.45, 2.75) is 19.4 Å². The molecule has 1 amide bonds. The largest absolute Gasteiger partial charge is 0.487 e. The fraction of sp³-hybridized carbons (Fsp3) is 0.227. The maximum atomic E-state index is 14.2. The minimum Gasteiger partial charge on any atom is -0.487 e. The van der Waals surface area contributed by atoms with E-state index < -0.39 is 0 Å². The van der Waals surface area contributed by atoms with E-state index in [-0.39, 0.29) is 17.8 Å². The Bertz CT molecular complexity index is 1040. The van der Waals surface area contributed by atoms with E-state index in [2.05, 4.69) is 15.5 Å². The number of carbonyl (C=O) groups is 1. The van der Waals surface area contributed by atoms with Crippen molar-refractivity contribution in [2.24, 2.45) is 0 Å². The maximum Gasteiger partial charge on any atom is 0.251 e. The molecule has 0 fully saturated rings. The van der Waals surface area contributed by atoms with Crippen LogP contribution in [0.4, 0.5) is 4.39 Å². The molecule has 1 aliphatic heterocycles. The Morgan fingerprint density at radius 3 is 2.69 bits per heavy atom. The number of aryl methyl sites for hydroxylation is 1. The molecule has 1 N–H and O–H groups in total. The number of ether oxygens (including phenoxy) is 2. The summed E-state index contributed by atoms with van der Waals surface area (Å²) in [5, 5.41) is 10.9. The molecule has 4 rings (SSSR count). The summed E-state index contributed by atoms with van der Waals surface area (Å²) >= 11 is 0. The Labute approximate surface area is 167 Å².